The molecule has 2 rings (SSSR count). The quantitative estimate of drug-likeness (QED) is 0.907. The normalized spacial score (nSPS) is 21.8. The van der Waals surface area contributed by atoms with Crippen molar-refractivity contribution in [2.24, 2.45) is 11.1 Å². The summed E-state index contributed by atoms with van der Waals surface area (Å²) in [6, 6.07) is 8.15. The number of piperidine rings is 1. The monoisotopic (exact) mass is 318 g/mol. The number of nitrogens with zero attached hydrogens (tertiary/aromatic N) is 1. The Hall–Kier alpha value is -1.55. The second kappa shape index (κ2) is 7.35. The van der Waals surface area contributed by atoms with E-state index in [-0.39, 0.29) is 24.0 Å². The molecule has 128 valence electrons. The summed E-state index contributed by atoms with van der Waals surface area (Å²) in [4.78, 5) is 14.4. The molecular formula is C19H30N2O2. The van der Waals surface area contributed by atoms with Gasteiger partial charge in [-0.05, 0) is 35.8 Å². The van der Waals surface area contributed by atoms with Gasteiger partial charge in [0.05, 0.1) is 0 Å². The maximum atomic E-state index is 12.5. The number of nitrogens with two attached hydrogens (primary N) is 1. The molecule has 0 bridgehead atoms. The van der Waals surface area contributed by atoms with Crippen LogP contribution < -0.4 is 10.5 Å². The topological polar surface area (TPSA) is 55.6 Å². The van der Waals surface area contributed by atoms with Gasteiger partial charge in [0, 0.05) is 19.1 Å². The van der Waals surface area contributed by atoms with E-state index in [0.29, 0.717) is 12.5 Å². The fourth-order valence-corrected chi connectivity index (χ4v) is 3.06. The summed E-state index contributed by atoms with van der Waals surface area (Å²) in [6.07, 6.45) is 1.90. The Morgan fingerprint density at radius 3 is 2.78 bits per heavy atom. The molecule has 1 aromatic rings. The Morgan fingerprint density at radius 1 is 1.43 bits per heavy atom. The van der Waals surface area contributed by atoms with Crippen molar-refractivity contribution in [3.8, 4) is 5.75 Å². The van der Waals surface area contributed by atoms with E-state index in [1.807, 2.05) is 23.1 Å². The van der Waals surface area contributed by atoms with E-state index < -0.39 is 0 Å². The van der Waals surface area contributed by atoms with Crippen LogP contribution >= 0.6 is 0 Å². The number of likely N-dealkylation sites (tertiary alicyclic amines) is 1. The largest absolute Gasteiger partial charge is 0.483 e. The summed E-state index contributed by atoms with van der Waals surface area (Å²) in [5, 5.41) is 0. The van der Waals surface area contributed by atoms with Gasteiger partial charge in [0.1, 0.15) is 5.75 Å². The van der Waals surface area contributed by atoms with E-state index >= 15 is 0 Å². The highest BCUT2D eigenvalue weighted by Gasteiger charge is 2.35. The van der Waals surface area contributed by atoms with Gasteiger partial charge in [-0.15, -0.1) is 0 Å². The fourth-order valence-electron chi connectivity index (χ4n) is 3.06. The molecule has 1 aromatic carbocycles. The summed E-state index contributed by atoms with van der Waals surface area (Å²) in [6.45, 7) is 10.1. The second-order valence-corrected chi connectivity index (χ2v) is 7.33. The van der Waals surface area contributed by atoms with Gasteiger partial charge in [0.15, 0.2) is 6.61 Å². The Balaban J connectivity index is 1.98. The maximum Gasteiger partial charge on any atom is 0.260 e. The van der Waals surface area contributed by atoms with Gasteiger partial charge in [-0.25, -0.2) is 0 Å². The van der Waals surface area contributed by atoms with E-state index in [1.54, 1.807) is 0 Å². The molecule has 2 N–H and O–H groups in total. The molecule has 23 heavy (non-hydrogen) atoms. The highest BCUT2D eigenvalue weighted by atomic mass is 16.5. The van der Waals surface area contributed by atoms with Gasteiger partial charge in [-0.1, -0.05) is 45.9 Å². The van der Waals surface area contributed by atoms with E-state index in [9.17, 15) is 4.79 Å². The molecule has 1 amide bonds. The van der Waals surface area contributed by atoms with Crippen molar-refractivity contribution in [2.75, 3.05) is 19.7 Å². The number of hydrogen-bond donors (Lipinski definition) is 1. The molecule has 2 unspecified atom stereocenters. The Kier molecular flexibility index (Phi) is 5.69. The Labute approximate surface area is 140 Å². The zero-order valence-electron chi connectivity index (χ0n) is 14.8. The fraction of sp³-hybridized carbons (Fsp3) is 0.632. The molecular weight excluding hydrogens is 288 g/mol. The predicted octanol–water partition coefficient (Wildman–Crippen LogP) is 3.16. The van der Waals surface area contributed by atoms with E-state index in [0.717, 1.165) is 25.1 Å². The average Bonchev–Trinajstić information content (AvgIpc) is 2.54. The zero-order valence-corrected chi connectivity index (χ0v) is 14.8. The molecule has 2 atom stereocenters. The molecule has 0 radical (unpaired) electrons. The highest BCUT2D eigenvalue weighted by Crippen LogP contribution is 2.29. The van der Waals surface area contributed by atoms with Gasteiger partial charge in [-0.2, -0.15) is 0 Å². The molecule has 1 heterocycles. The molecule has 0 spiro atoms. The molecule has 0 aromatic heterocycles. The zero-order chi connectivity index (χ0) is 17.0. The molecule has 1 saturated heterocycles. The third kappa shape index (κ3) is 4.25. The first kappa shape index (κ1) is 17.8. The number of rotatable bonds is 5. The molecule has 0 aliphatic carbocycles. The van der Waals surface area contributed by atoms with Crippen LogP contribution in [0.5, 0.6) is 5.75 Å². The third-order valence-electron chi connectivity index (χ3n) is 5.08. The lowest BCUT2D eigenvalue weighted by atomic mass is 9.80. The minimum absolute atomic E-state index is 0.0391. The van der Waals surface area contributed by atoms with Crippen LogP contribution in [-0.4, -0.2) is 36.5 Å². The number of hydrogen-bond acceptors (Lipinski definition) is 3. The van der Waals surface area contributed by atoms with Crippen LogP contribution in [0.3, 0.4) is 0 Å². The molecule has 1 aliphatic heterocycles. The first-order valence-electron chi connectivity index (χ1n) is 8.60. The van der Waals surface area contributed by atoms with Gasteiger partial charge in [0.25, 0.3) is 5.91 Å². The number of benzene rings is 1. The van der Waals surface area contributed by atoms with Crippen molar-refractivity contribution in [3.63, 3.8) is 0 Å². The molecule has 0 saturated carbocycles. The summed E-state index contributed by atoms with van der Waals surface area (Å²) < 4.78 is 5.85. The first-order chi connectivity index (χ1) is 10.8. The first-order valence-corrected chi connectivity index (χ1v) is 8.60. The highest BCUT2D eigenvalue weighted by molar-refractivity contribution is 5.78. The van der Waals surface area contributed by atoms with E-state index in [2.05, 4.69) is 33.8 Å². The standard InChI is InChI=1S/C19H30N2O2/c1-5-14(2)15-8-6-7-9-16(15)23-12-18(22)21-11-10-17(20)19(3,4)13-21/h6-9,14,17H,5,10-13,20H2,1-4H3. The van der Waals surface area contributed by atoms with Crippen molar-refractivity contribution < 1.29 is 9.53 Å². The Morgan fingerprint density at radius 2 is 2.13 bits per heavy atom. The van der Waals surface area contributed by atoms with Crippen LogP contribution in [0, 0.1) is 5.41 Å². The molecule has 1 aliphatic rings. The van der Waals surface area contributed by atoms with Gasteiger partial charge < -0.3 is 15.4 Å². The lowest BCUT2D eigenvalue weighted by Crippen LogP contribution is -2.54. The minimum atomic E-state index is -0.0391. The van der Waals surface area contributed by atoms with Gasteiger partial charge in [-0.3, -0.25) is 4.79 Å². The smallest absolute Gasteiger partial charge is 0.260 e. The maximum absolute atomic E-state index is 12.5. The van der Waals surface area contributed by atoms with Crippen LogP contribution in [0.4, 0.5) is 0 Å². The number of carbonyl (C=O) groups excluding carboxylic acids is 1. The lowest BCUT2D eigenvalue weighted by Gasteiger charge is -2.42. The SMILES string of the molecule is CCC(C)c1ccccc1OCC(=O)N1CCC(N)C(C)(C)C1. The van der Waals surface area contributed by atoms with Crippen molar-refractivity contribution in [2.45, 2.75) is 52.5 Å². The summed E-state index contributed by atoms with van der Waals surface area (Å²) >= 11 is 0. The van der Waals surface area contributed by atoms with Crippen LogP contribution in [0.15, 0.2) is 24.3 Å². The second-order valence-electron chi connectivity index (χ2n) is 7.33. The Bertz CT molecular complexity index is 542. The summed E-state index contributed by atoms with van der Waals surface area (Å²) in [5.74, 6) is 1.29. The van der Waals surface area contributed by atoms with Crippen molar-refractivity contribution >= 4 is 5.91 Å². The van der Waals surface area contributed by atoms with Crippen molar-refractivity contribution in [3.05, 3.63) is 29.8 Å². The van der Waals surface area contributed by atoms with Crippen LogP contribution in [0.2, 0.25) is 0 Å². The van der Waals surface area contributed by atoms with Crippen molar-refractivity contribution in [1.82, 2.24) is 4.90 Å². The molecule has 4 nitrogen and oxygen atoms in total. The van der Waals surface area contributed by atoms with Gasteiger partial charge >= 0.3 is 0 Å². The summed E-state index contributed by atoms with van der Waals surface area (Å²) in [5.41, 5.74) is 7.27. The van der Waals surface area contributed by atoms with Crippen LogP contribution in [-0.2, 0) is 4.79 Å². The number of para-hydroxylation sites is 1. The van der Waals surface area contributed by atoms with E-state index in [4.69, 9.17) is 10.5 Å². The summed E-state index contributed by atoms with van der Waals surface area (Å²) in [7, 11) is 0. The number of amides is 1. The lowest BCUT2D eigenvalue weighted by molar-refractivity contribution is -0.136. The molecule has 1 fully saturated rings. The average molecular weight is 318 g/mol. The predicted molar refractivity (Wildman–Crippen MR) is 93.6 cm³/mol. The van der Waals surface area contributed by atoms with Gasteiger partial charge in [0.2, 0.25) is 0 Å². The number of ether oxygens (including phenoxy) is 1. The van der Waals surface area contributed by atoms with E-state index in [1.165, 1.54) is 5.56 Å². The third-order valence-corrected chi connectivity index (χ3v) is 5.08. The molecule has 4 heteroatoms. The van der Waals surface area contributed by atoms with Crippen LogP contribution in [0.1, 0.15) is 52.0 Å². The van der Waals surface area contributed by atoms with Crippen molar-refractivity contribution in [1.29, 1.82) is 0 Å². The number of carbonyl (C=O) groups is 1. The van der Waals surface area contributed by atoms with Crippen LogP contribution in [0.25, 0.3) is 0 Å². The minimum Gasteiger partial charge on any atom is -0.483 e.